The van der Waals surface area contributed by atoms with E-state index in [9.17, 15) is 4.39 Å². The van der Waals surface area contributed by atoms with Crippen molar-refractivity contribution < 1.29 is 4.39 Å². The molecule has 1 atom stereocenters. The first-order valence-corrected chi connectivity index (χ1v) is 6.39. The molecule has 1 rings (SSSR count). The lowest BCUT2D eigenvalue weighted by atomic mass is 10.0. The summed E-state index contributed by atoms with van der Waals surface area (Å²) in [5.74, 6) is -0.208. The highest BCUT2D eigenvalue weighted by atomic mass is 79.9. The summed E-state index contributed by atoms with van der Waals surface area (Å²) >= 11 is 9.27. The molecule has 1 aromatic carbocycles. The second kappa shape index (κ2) is 5.48. The van der Waals surface area contributed by atoms with E-state index in [4.69, 9.17) is 11.6 Å². The van der Waals surface area contributed by atoms with E-state index in [0.29, 0.717) is 12.1 Å². The minimum atomic E-state index is -0.221. The van der Waals surface area contributed by atoms with E-state index in [2.05, 4.69) is 21.2 Å². The van der Waals surface area contributed by atoms with Crippen molar-refractivity contribution in [3.8, 4) is 0 Å². The maximum absolute atomic E-state index is 13.5. The molecule has 0 radical (unpaired) electrons. The smallest absolute Gasteiger partial charge is 0.128 e. The van der Waals surface area contributed by atoms with Gasteiger partial charge in [0.05, 0.1) is 0 Å². The van der Waals surface area contributed by atoms with Crippen molar-refractivity contribution >= 4 is 27.5 Å². The number of halogens is 3. The fourth-order valence-electron chi connectivity index (χ4n) is 1.13. The molecule has 0 bridgehead atoms. The van der Waals surface area contributed by atoms with Gasteiger partial charge in [0.1, 0.15) is 5.82 Å². The van der Waals surface area contributed by atoms with Gasteiger partial charge in [-0.05, 0) is 32.9 Å². The first kappa shape index (κ1) is 13.9. The molecule has 90 valence electrons. The standard InChI is InChI=1S/C12H16BrClFN/c1-8(14)12(2,3)16-7-9-4-5-10(13)6-11(9)15/h4-6,8,16H,7H2,1-3H3. The summed E-state index contributed by atoms with van der Waals surface area (Å²) in [5, 5.41) is 3.23. The number of alkyl halides is 1. The van der Waals surface area contributed by atoms with E-state index in [1.54, 1.807) is 6.07 Å². The zero-order chi connectivity index (χ0) is 12.3. The third-order valence-corrected chi connectivity index (χ3v) is 3.78. The molecule has 0 aliphatic rings. The fourth-order valence-corrected chi connectivity index (χ4v) is 1.54. The summed E-state index contributed by atoms with van der Waals surface area (Å²) in [7, 11) is 0. The van der Waals surface area contributed by atoms with Gasteiger partial charge in [-0.3, -0.25) is 0 Å². The summed E-state index contributed by atoms with van der Waals surface area (Å²) in [6.45, 7) is 6.40. The lowest BCUT2D eigenvalue weighted by Crippen LogP contribution is -2.45. The average molecular weight is 309 g/mol. The Balaban J connectivity index is 2.68. The molecule has 1 aromatic rings. The van der Waals surface area contributed by atoms with Crippen LogP contribution in [0.4, 0.5) is 4.39 Å². The summed E-state index contributed by atoms with van der Waals surface area (Å²) in [6, 6.07) is 5.06. The van der Waals surface area contributed by atoms with Gasteiger partial charge in [0, 0.05) is 27.5 Å². The Bertz CT molecular complexity index is 366. The van der Waals surface area contributed by atoms with Gasteiger partial charge in [0.2, 0.25) is 0 Å². The number of rotatable bonds is 4. The van der Waals surface area contributed by atoms with E-state index < -0.39 is 0 Å². The SMILES string of the molecule is CC(Cl)C(C)(C)NCc1ccc(Br)cc1F. The molecule has 16 heavy (non-hydrogen) atoms. The summed E-state index contributed by atoms with van der Waals surface area (Å²) in [4.78, 5) is 0. The van der Waals surface area contributed by atoms with Crippen molar-refractivity contribution in [3.05, 3.63) is 34.1 Å². The molecule has 1 unspecified atom stereocenters. The van der Waals surface area contributed by atoms with Crippen LogP contribution in [0.25, 0.3) is 0 Å². The van der Waals surface area contributed by atoms with Crippen molar-refractivity contribution in [1.29, 1.82) is 0 Å². The number of hydrogen-bond donors (Lipinski definition) is 1. The van der Waals surface area contributed by atoms with E-state index in [0.717, 1.165) is 4.47 Å². The molecule has 0 fully saturated rings. The van der Waals surface area contributed by atoms with Crippen LogP contribution in [-0.4, -0.2) is 10.9 Å². The van der Waals surface area contributed by atoms with Gasteiger partial charge in [0.15, 0.2) is 0 Å². The lowest BCUT2D eigenvalue weighted by molar-refractivity contribution is 0.376. The average Bonchev–Trinajstić information content (AvgIpc) is 2.16. The molecule has 0 heterocycles. The molecule has 4 heteroatoms. The maximum atomic E-state index is 13.5. The number of benzene rings is 1. The number of nitrogens with one attached hydrogen (secondary N) is 1. The van der Waals surface area contributed by atoms with E-state index >= 15 is 0 Å². The second-order valence-corrected chi connectivity index (χ2v) is 6.00. The van der Waals surface area contributed by atoms with Crippen molar-refractivity contribution in [2.75, 3.05) is 0 Å². The van der Waals surface area contributed by atoms with Crippen LogP contribution in [0.15, 0.2) is 22.7 Å². The normalized spacial score (nSPS) is 13.9. The Morgan fingerprint density at radius 2 is 2.12 bits per heavy atom. The monoisotopic (exact) mass is 307 g/mol. The highest BCUT2D eigenvalue weighted by Gasteiger charge is 2.23. The largest absolute Gasteiger partial charge is 0.306 e. The third-order valence-electron chi connectivity index (χ3n) is 2.74. The first-order valence-electron chi connectivity index (χ1n) is 5.16. The van der Waals surface area contributed by atoms with Gasteiger partial charge in [-0.2, -0.15) is 0 Å². The highest BCUT2D eigenvalue weighted by molar-refractivity contribution is 9.10. The lowest BCUT2D eigenvalue weighted by Gasteiger charge is -2.29. The number of hydrogen-bond acceptors (Lipinski definition) is 1. The quantitative estimate of drug-likeness (QED) is 0.826. The molecule has 1 N–H and O–H groups in total. The van der Waals surface area contributed by atoms with Crippen molar-refractivity contribution in [1.82, 2.24) is 5.32 Å². The zero-order valence-corrected chi connectivity index (χ0v) is 12.0. The molecule has 0 aliphatic carbocycles. The van der Waals surface area contributed by atoms with Gasteiger partial charge in [-0.25, -0.2) is 4.39 Å². The van der Waals surface area contributed by atoms with Gasteiger partial charge in [0.25, 0.3) is 0 Å². The van der Waals surface area contributed by atoms with E-state index in [1.807, 2.05) is 26.8 Å². The van der Waals surface area contributed by atoms with Gasteiger partial charge < -0.3 is 5.32 Å². The molecule has 0 aromatic heterocycles. The Kier molecular flexibility index (Phi) is 4.77. The van der Waals surface area contributed by atoms with Crippen LogP contribution in [0.1, 0.15) is 26.3 Å². The van der Waals surface area contributed by atoms with Crippen LogP contribution in [0.2, 0.25) is 0 Å². The second-order valence-electron chi connectivity index (χ2n) is 4.43. The van der Waals surface area contributed by atoms with E-state index in [-0.39, 0.29) is 16.7 Å². The minimum Gasteiger partial charge on any atom is -0.306 e. The molecule has 0 amide bonds. The fraction of sp³-hybridized carbons (Fsp3) is 0.500. The summed E-state index contributed by atoms with van der Waals surface area (Å²) < 4.78 is 14.3. The highest BCUT2D eigenvalue weighted by Crippen LogP contribution is 2.18. The van der Waals surface area contributed by atoms with Crippen molar-refractivity contribution in [2.45, 2.75) is 38.2 Å². The van der Waals surface area contributed by atoms with Crippen molar-refractivity contribution in [3.63, 3.8) is 0 Å². The topological polar surface area (TPSA) is 12.0 Å². The van der Waals surface area contributed by atoms with Crippen LogP contribution < -0.4 is 5.32 Å². The Morgan fingerprint density at radius 3 is 2.62 bits per heavy atom. The van der Waals surface area contributed by atoms with Crippen LogP contribution in [0.5, 0.6) is 0 Å². The molecular formula is C12H16BrClFN. The molecular weight excluding hydrogens is 292 g/mol. The molecule has 0 aliphatic heterocycles. The Labute approximate surface area is 110 Å². The maximum Gasteiger partial charge on any atom is 0.128 e. The van der Waals surface area contributed by atoms with Crippen LogP contribution in [0.3, 0.4) is 0 Å². The first-order chi connectivity index (χ1) is 7.33. The minimum absolute atomic E-state index is 0.0222. The predicted octanol–water partition coefficient (Wildman–Crippen LogP) is 4.08. The van der Waals surface area contributed by atoms with Gasteiger partial charge >= 0.3 is 0 Å². The van der Waals surface area contributed by atoms with Gasteiger partial charge in [-0.1, -0.05) is 22.0 Å². The predicted molar refractivity (Wildman–Crippen MR) is 70.3 cm³/mol. The third kappa shape index (κ3) is 3.72. The summed E-state index contributed by atoms with van der Waals surface area (Å²) in [6.07, 6.45) is 0. The van der Waals surface area contributed by atoms with Crippen LogP contribution in [-0.2, 0) is 6.54 Å². The molecule has 0 saturated carbocycles. The zero-order valence-electron chi connectivity index (χ0n) is 9.65. The molecule has 0 saturated heterocycles. The van der Waals surface area contributed by atoms with Crippen LogP contribution >= 0.6 is 27.5 Å². The Morgan fingerprint density at radius 1 is 1.50 bits per heavy atom. The Hall–Kier alpha value is -0.120. The summed E-state index contributed by atoms with van der Waals surface area (Å²) in [5.41, 5.74) is 0.426. The van der Waals surface area contributed by atoms with Crippen molar-refractivity contribution in [2.24, 2.45) is 0 Å². The van der Waals surface area contributed by atoms with Crippen LogP contribution in [0, 0.1) is 5.82 Å². The van der Waals surface area contributed by atoms with Gasteiger partial charge in [-0.15, -0.1) is 11.6 Å². The van der Waals surface area contributed by atoms with E-state index in [1.165, 1.54) is 6.07 Å². The molecule has 0 spiro atoms. The molecule has 1 nitrogen and oxygen atoms in total.